The Bertz CT molecular complexity index is 881. The van der Waals surface area contributed by atoms with Crippen LogP contribution in [0.5, 0.6) is 0 Å². The first-order valence-electron chi connectivity index (χ1n) is 9.22. The Balaban J connectivity index is 1.47. The molecule has 1 atom stereocenters. The van der Waals surface area contributed by atoms with E-state index in [1.54, 1.807) is 11.3 Å². The van der Waals surface area contributed by atoms with Gasteiger partial charge in [0.2, 0.25) is 5.91 Å². The van der Waals surface area contributed by atoms with Gasteiger partial charge < -0.3 is 10.6 Å². The lowest BCUT2D eigenvalue weighted by Crippen LogP contribution is -2.42. The molecule has 1 saturated carbocycles. The number of fused-ring (bicyclic) bond motifs is 1. The molecule has 2 aromatic carbocycles. The van der Waals surface area contributed by atoms with Gasteiger partial charge in [-0.2, -0.15) is 0 Å². The van der Waals surface area contributed by atoms with Crippen molar-refractivity contribution in [2.75, 3.05) is 5.32 Å². The molecule has 1 aliphatic rings. The monoisotopic (exact) mass is 365 g/mol. The van der Waals surface area contributed by atoms with Gasteiger partial charge in [0.15, 0.2) is 0 Å². The predicted octanol–water partition coefficient (Wildman–Crippen LogP) is 4.82. The van der Waals surface area contributed by atoms with Crippen LogP contribution in [0.25, 0.3) is 20.8 Å². The number of aromatic nitrogens is 1. The number of nitrogens with one attached hydrogen (secondary N) is 2. The Kier molecular flexibility index (Phi) is 4.89. The molecule has 5 heteroatoms. The highest BCUT2D eigenvalue weighted by atomic mass is 32.1. The van der Waals surface area contributed by atoms with E-state index in [1.807, 2.05) is 37.3 Å². The summed E-state index contributed by atoms with van der Waals surface area (Å²) in [4.78, 5) is 17.1. The smallest absolute Gasteiger partial charge is 0.242 e. The van der Waals surface area contributed by atoms with E-state index in [1.165, 1.54) is 17.5 Å². The number of rotatable bonds is 5. The summed E-state index contributed by atoms with van der Waals surface area (Å²) >= 11 is 1.69. The summed E-state index contributed by atoms with van der Waals surface area (Å²) in [6, 6.07) is 16.4. The third-order valence-electron chi connectivity index (χ3n) is 4.88. The lowest BCUT2D eigenvalue weighted by Gasteiger charge is -2.18. The van der Waals surface area contributed by atoms with Crippen molar-refractivity contribution in [2.45, 2.75) is 44.7 Å². The number of hydrogen-bond acceptors (Lipinski definition) is 4. The maximum atomic E-state index is 12.4. The number of nitrogens with zero attached hydrogens (tertiary/aromatic N) is 1. The van der Waals surface area contributed by atoms with Crippen molar-refractivity contribution in [1.82, 2.24) is 10.3 Å². The maximum Gasteiger partial charge on any atom is 0.242 e. The van der Waals surface area contributed by atoms with Gasteiger partial charge in [0, 0.05) is 17.3 Å². The summed E-state index contributed by atoms with van der Waals surface area (Å²) in [6.07, 6.45) is 4.64. The summed E-state index contributed by atoms with van der Waals surface area (Å²) < 4.78 is 1.19. The summed E-state index contributed by atoms with van der Waals surface area (Å²) in [6.45, 7) is 1.91. The van der Waals surface area contributed by atoms with Crippen LogP contribution in [-0.4, -0.2) is 23.0 Å². The fourth-order valence-corrected chi connectivity index (χ4v) is 4.41. The summed E-state index contributed by atoms with van der Waals surface area (Å²) in [5.74, 6) is 0.0716. The highest BCUT2D eigenvalue weighted by Crippen LogP contribution is 2.31. The quantitative estimate of drug-likeness (QED) is 0.681. The van der Waals surface area contributed by atoms with E-state index in [9.17, 15) is 4.79 Å². The Morgan fingerprint density at radius 3 is 2.77 bits per heavy atom. The minimum absolute atomic E-state index is 0.0716. The van der Waals surface area contributed by atoms with Crippen LogP contribution in [0, 0.1) is 0 Å². The molecule has 1 aromatic heterocycles. The molecule has 0 spiro atoms. The Hall–Kier alpha value is -2.40. The van der Waals surface area contributed by atoms with Crippen LogP contribution in [-0.2, 0) is 4.79 Å². The van der Waals surface area contributed by atoms with E-state index in [4.69, 9.17) is 4.98 Å². The van der Waals surface area contributed by atoms with E-state index < -0.39 is 0 Å². The van der Waals surface area contributed by atoms with Crippen molar-refractivity contribution in [2.24, 2.45) is 0 Å². The number of amides is 1. The van der Waals surface area contributed by atoms with Gasteiger partial charge in [-0.3, -0.25) is 4.79 Å². The second-order valence-electron chi connectivity index (χ2n) is 6.92. The standard InChI is InChI=1S/C21H23N3OS/c1-14(20(25)23-16-8-2-3-9-16)22-17-10-6-7-15(13-17)21-24-18-11-4-5-12-19(18)26-21/h4-7,10-14,16,22H,2-3,8-9H2,1H3,(H,23,25)/t14-/m0/s1. The largest absolute Gasteiger partial charge is 0.374 e. The third kappa shape index (κ3) is 3.73. The van der Waals surface area contributed by atoms with Gasteiger partial charge in [-0.05, 0) is 44.0 Å². The van der Waals surface area contributed by atoms with Crippen LogP contribution in [0.3, 0.4) is 0 Å². The summed E-state index contributed by atoms with van der Waals surface area (Å²) in [5, 5.41) is 7.47. The van der Waals surface area contributed by atoms with Crippen molar-refractivity contribution in [3.8, 4) is 10.6 Å². The molecular weight excluding hydrogens is 342 g/mol. The number of carbonyl (C=O) groups is 1. The Morgan fingerprint density at radius 1 is 1.15 bits per heavy atom. The second kappa shape index (κ2) is 7.46. The first-order chi connectivity index (χ1) is 12.7. The highest BCUT2D eigenvalue weighted by Gasteiger charge is 2.20. The zero-order chi connectivity index (χ0) is 17.9. The molecular formula is C21H23N3OS. The lowest BCUT2D eigenvalue weighted by atomic mass is 10.2. The number of para-hydroxylation sites is 1. The molecule has 134 valence electrons. The van der Waals surface area contributed by atoms with Gasteiger partial charge in [0.05, 0.1) is 10.2 Å². The molecule has 4 nitrogen and oxygen atoms in total. The van der Waals surface area contributed by atoms with Crippen LogP contribution in [0.4, 0.5) is 5.69 Å². The zero-order valence-corrected chi connectivity index (χ0v) is 15.7. The van der Waals surface area contributed by atoms with Crippen LogP contribution in [0.15, 0.2) is 48.5 Å². The van der Waals surface area contributed by atoms with Gasteiger partial charge >= 0.3 is 0 Å². The molecule has 0 radical (unpaired) electrons. The first-order valence-corrected chi connectivity index (χ1v) is 10.0. The fraction of sp³-hybridized carbons (Fsp3) is 0.333. The van der Waals surface area contributed by atoms with Gasteiger partial charge in [-0.15, -0.1) is 11.3 Å². The second-order valence-corrected chi connectivity index (χ2v) is 7.95. The van der Waals surface area contributed by atoms with Crippen molar-refractivity contribution in [3.63, 3.8) is 0 Å². The van der Waals surface area contributed by atoms with E-state index >= 15 is 0 Å². The van der Waals surface area contributed by atoms with E-state index in [0.717, 1.165) is 34.6 Å². The minimum Gasteiger partial charge on any atom is -0.374 e. The summed E-state index contributed by atoms with van der Waals surface area (Å²) in [7, 11) is 0. The zero-order valence-electron chi connectivity index (χ0n) is 14.9. The predicted molar refractivity (Wildman–Crippen MR) is 109 cm³/mol. The topological polar surface area (TPSA) is 54.0 Å². The van der Waals surface area contributed by atoms with Crippen molar-refractivity contribution < 1.29 is 4.79 Å². The van der Waals surface area contributed by atoms with E-state index in [0.29, 0.717) is 6.04 Å². The van der Waals surface area contributed by atoms with Gasteiger partial charge in [0.25, 0.3) is 0 Å². The molecule has 1 aliphatic carbocycles. The van der Waals surface area contributed by atoms with Crippen LogP contribution < -0.4 is 10.6 Å². The van der Waals surface area contributed by atoms with Gasteiger partial charge in [-0.1, -0.05) is 37.1 Å². The molecule has 3 aromatic rings. The average Bonchev–Trinajstić information content (AvgIpc) is 3.31. The molecule has 1 heterocycles. The highest BCUT2D eigenvalue weighted by molar-refractivity contribution is 7.21. The third-order valence-corrected chi connectivity index (χ3v) is 5.97. The number of hydrogen-bond donors (Lipinski definition) is 2. The molecule has 0 bridgehead atoms. The molecule has 0 aliphatic heterocycles. The number of benzene rings is 2. The Morgan fingerprint density at radius 2 is 1.96 bits per heavy atom. The van der Waals surface area contributed by atoms with E-state index in [-0.39, 0.29) is 11.9 Å². The normalized spacial score (nSPS) is 15.9. The number of carbonyl (C=O) groups excluding carboxylic acids is 1. The molecule has 1 amide bonds. The molecule has 0 saturated heterocycles. The molecule has 1 fully saturated rings. The summed E-state index contributed by atoms with van der Waals surface area (Å²) in [5.41, 5.74) is 3.03. The fourth-order valence-electron chi connectivity index (χ4n) is 3.45. The van der Waals surface area contributed by atoms with Crippen LogP contribution in [0.2, 0.25) is 0 Å². The molecule has 4 rings (SSSR count). The van der Waals surface area contributed by atoms with Gasteiger partial charge in [0.1, 0.15) is 11.0 Å². The van der Waals surface area contributed by atoms with E-state index in [2.05, 4.69) is 28.8 Å². The van der Waals surface area contributed by atoms with Crippen LogP contribution in [0.1, 0.15) is 32.6 Å². The maximum absolute atomic E-state index is 12.4. The SMILES string of the molecule is C[C@H](Nc1cccc(-c2nc3ccccc3s2)c1)C(=O)NC1CCCC1. The molecule has 2 N–H and O–H groups in total. The van der Waals surface area contributed by atoms with Crippen molar-refractivity contribution in [3.05, 3.63) is 48.5 Å². The number of anilines is 1. The van der Waals surface area contributed by atoms with Crippen molar-refractivity contribution >= 4 is 33.1 Å². The first kappa shape index (κ1) is 17.0. The van der Waals surface area contributed by atoms with Gasteiger partial charge in [-0.25, -0.2) is 4.98 Å². The minimum atomic E-state index is -0.263. The molecule has 26 heavy (non-hydrogen) atoms. The molecule has 0 unspecified atom stereocenters. The Labute approximate surface area is 157 Å². The number of thiazole rings is 1. The average molecular weight is 366 g/mol. The van der Waals surface area contributed by atoms with Crippen molar-refractivity contribution in [1.29, 1.82) is 0 Å². The van der Waals surface area contributed by atoms with Crippen LogP contribution >= 0.6 is 11.3 Å². The lowest BCUT2D eigenvalue weighted by molar-refractivity contribution is -0.122.